The summed E-state index contributed by atoms with van der Waals surface area (Å²) in [6.07, 6.45) is 0. The highest BCUT2D eigenvalue weighted by Gasteiger charge is 2.11. The van der Waals surface area contributed by atoms with Gasteiger partial charge in [-0.1, -0.05) is 0 Å². The Morgan fingerprint density at radius 1 is 1.62 bits per heavy atom. The Hall–Kier alpha value is -0.650. The summed E-state index contributed by atoms with van der Waals surface area (Å²) in [5.41, 5.74) is 10.5. The van der Waals surface area contributed by atoms with Gasteiger partial charge in [0.05, 0.1) is 12.6 Å². The van der Waals surface area contributed by atoms with E-state index in [1.807, 2.05) is 18.9 Å². The summed E-state index contributed by atoms with van der Waals surface area (Å²) in [5, 5.41) is 0. The second kappa shape index (κ2) is 6.82. The van der Waals surface area contributed by atoms with E-state index in [0.29, 0.717) is 19.8 Å². The summed E-state index contributed by atoms with van der Waals surface area (Å²) in [6.45, 7) is 4.53. The molecule has 0 fully saturated rings. The fourth-order valence-electron chi connectivity index (χ4n) is 0.882. The summed E-state index contributed by atoms with van der Waals surface area (Å²) in [6, 6.07) is -0.591. The lowest BCUT2D eigenvalue weighted by Crippen LogP contribution is -2.45. The molecule has 1 atom stereocenters. The lowest BCUT2D eigenvalue weighted by atomic mass is 10.3. The smallest absolute Gasteiger partial charge is 0.235 e. The maximum Gasteiger partial charge on any atom is 0.235 e. The third kappa shape index (κ3) is 6.51. The summed E-state index contributed by atoms with van der Waals surface area (Å²) >= 11 is 0. The molecule has 5 nitrogen and oxygen atoms in total. The highest BCUT2D eigenvalue weighted by molar-refractivity contribution is 5.79. The molecule has 1 amide bonds. The van der Waals surface area contributed by atoms with E-state index in [4.69, 9.17) is 16.2 Å². The van der Waals surface area contributed by atoms with Gasteiger partial charge in [-0.3, -0.25) is 4.79 Å². The van der Waals surface area contributed by atoms with Crippen LogP contribution in [0.3, 0.4) is 0 Å². The second-order valence-electron chi connectivity index (χ2n) is 2.97. The van der Waals surface area contributed by atoms with Gasteiger partial charge in [-0.25, -0.2) is 0 Å². The topological polar surface area (TPSA) is 81.6 Å². The summed E-state index contributed by atoms with van der Waals surface area (Å²) in [5.74, 6) is -0.469. The zero-order valence-corrected chi connectivity index (χ0v) is 8.32. The maximum absolute atomic E-state index is 10.6. The van der Waals surface area contributed by atoms with Gasteiger partial charge in [0.1, 0.15) is 0 Å². The van der Waals surface area contributed by atoms with E-state index in [1.54, 1.807) is 0 Å². The molecule has 0 saturated carbocycles. The summed E-state index contributed by atoms with van der Waals surface area (Å²) in [4.78, 5) is 12.5. The van der Waals surface area contributed by atoms with E-state index < -0.39 is 11.9 Å². The molecule has 0 rings (SSSR count). The third-order valence-corrected chi connectivity index (χ3v) is 1.70. The van der Waals surface area contributed by atoms with Gasteiger partial charge in [0.25, 0.3) is 0 Å². The average Bonchev–Trinajstić information content (AvgIpc) is 2.04. The Labute approximate surface area is 79.0 Å². The molecule has 13 heavy (non-hydrogen) atoms. The largest absolute Gasteiger partial charge is 0.380 e. The monoisotopic (exact) mass is 189 g/mol. The first-order chi connectivity index (χ1) is 6.07. The van der Waals surface area contributed by atoms with Crippen LogP contribution in [0.4, 0.5) is 0 Å². The minimum absolute atomic E-state index is 0.469. The highest BCUT2D eigenvalue weighted by atomic mass is 16.5. The Balaban J connectivity index is 3.49. The number of nitrogens with zero attached hydrogens (tertiary/aromatic N) is 1. The van der Waals surface area contributed by atoms with Crippen LogP contribution < -0.4 is 11.5 Å². The zero-order valence-electron chi connectivity index (χ0n) is 8.32. The van der Waals surface area contributed by atoms with Crippen molar-refractivity contribution < 1.29 is 9.53 Å². The third-order valence-electron chi connectivity index (χ3n) is 1.70. The van der Waals surface area contributed by atoms with Crippen LogP contribution in [0.25, 0.3) is 0 Å². The van der Waals surface area contributed by atoms with E-state index in [0.717, 1.165) is 6.54 Å². The van der Waals surface area contributed by atoms with Crippen molar-refractivity contribution >= 4 is 5.91 Å². The van der Waals surface area contributed by atoms with Crippen LogP contribution in [0.2, 0.25) is 0 Å². The number of nitrogens with two attached hydrogens (primary N) is 2. The Morgan fingerprint density at radius 3 is 2.69 bits per heavy atom. The van der Waals surface area contributed by atoms with Crippen LogP contribution in [0.5, 0.6) is 0 Å². The van der Waals surface area contributed by atoms with E-state index in [-0.39, 0.29) is 0 Å². The number of likely N-dealkylation sites (N-methyl/N-ethyl adjacent to an activating group) is 1. The van der Waals surface area contributed by atoms with Crippen molar-refractivity contribution in [1.82, 2.24) is 4.90 Å². The van der Waals surface area contributed by atoms with Gasteiger partial charge in [-0.2, -0.15) is 0 Å². The number of rotatable bonds is 7. The lowest BCUT2D eigenvalue weighted by molar-refractivity contribution is -0.119. The highest BCUT2D eigenvalue weighted by Crippen LogP contribution is 1.86. The molecule has 0 aromatic carbocycles. The van der Waals surface area contributed by atoms with Crippen LogP contribution in [-0.2, 0) is 9.53 Å². The van der Waals surface area contributed by atoms with Crippen molar-refractivity contribution in [2.45, 2.75) is 13.0 Å². The normalized spacial score (nSPS) is 13.2. The molecule has 0 bridgehead atoms. The number of ether oxygens (including phenoxy) is 1. The molecule has 1 unspecified atom stereocenters. The number of hydrogen-bond donors (Lipinski definition) is 2. The molecule has 0 aliphatic carbocycles. The molecule has 0 aromatic rings. The molecular weight excluding hydrogens is 170 g/mol. The molecule has 0 aliphatic heterocycles. The Kier molecular flexibility index (Phi) is 6.48. The number of hydrogen-bond acceptors (Lipinski definition) is 4. The first kappa shape index (κ1) is 12.3. The van der Waals surface area contributed by atoms with Crippen LogP contribution in [0.15, 0.2) is 0 Å². The van der Waals surface area contributed by atoms with E-state index >= 15 is 0 Å². The van der Waals surface area contributed by atoms with Crippen molar-refractivity contribution in [2.75, 3.05) is 33.4 Å². The first-order valence-electron chi connectivity index (χ1n) is 4.39. The minimum Gasteiger partial charge on any atom is -0.380 e. The van der Waals surface area contributed by atoms with Crippen molar-refractivity contribution in [3.63, 3.8) is 0 Å². The predicted octanol–water partition coefficient (Wildman–Crippen LogP) is -1.23. The second-order valence-corrected chi connectivity index (χ2v) is 2.97. The fraction of sp³-hybridized carbons (Fsp3) is 0.875. The van der Waals surface area contributed by atoms with E-state index in [9.17, 15) is 4.79 Å². The van der Waals surface area contributed by atoms with E-state index in [2.05, 4.69) is 0 Å². The van der Waals surface area contributed by atoms with Crippen molar-refractivity contribution in [1.29, 1.82) is 0 Å². The van der Waals surface area contributed by atoms with Crippen molar-refractivity contribution in [2.24, 2.45) is 11.5 Å². The fourth-order valence-corrected chi connectivity index (χ4v) is 0.882. The maximum atomic E-state index is 10.6. The quantitative estimate of drug-likeness (QED) is 0.491. The number of carbonyl (C=O) groups excluding carboxylic acids is 1. The molecule has 0 aromatic heterocycles. The van der Waals surface area contributed by atoms with Crippen LogP contribution in [0.1, 0.15) is 6.92 Å². The molecule has 4 N–H and O–H groups in total. The molecule has 0 heterocycles. The molecule has 0 aliphatic rings. The molecule has 5 heteroatoms. The Morgan fingerprint density at radius 2 is 2.23 bits per heavy atom. The van der Waals surface area contributed by atoms with Gasteiger partial charge >= 0.3 is 0 Å². The van der Waals surface area contributed by atoms with Crippen molar-refractivity contribution in [3.8, 4) is 0 Å². The van der Waals surface area contributed by atoms with Crippen LogP contribution in [0, 0.1) is 0 Å². The van der Waals surface area contributed by atoms with E-state index in [1.165, 1.54) is 0 Å². The van der Waals surface area contributed by atoms with Gasteiger partial charge in [-0.15, -0.1) is 0 Å². The van der Waals surface area contributed by atoms with Gasteiger partial charge in [0.15, 0.2) is 0 Å². The van der Waals surface area contributed by atoms with Crippen LogP contribution >= 0.6 is 0 Å². The SMILES string of the molecule is CCOCCN(C)CC(N)C(N)=O. The standard InChI is InChI=1S/C8H19N3O2/c1-3-13-5-4-11(2)6-7(9)8(10)12/h7H,3-6,9H2,1-2H3,(H2,10,12). The minimum atomic E-state index is -0.591. The van der Waals surface area contributed by atoms with Crippen molar-refractivity contribution in [3.05, 3.63) is 0 Å². The van der Waals surface area contributed by atoms with Gasteiger partial charge < -0.3 is 21.1 Å². The molecular formula is C8H19N3O2. The summed E-state index contributed by atoms with van der Waals surface area (Å²) < 4.78 is 5.15. The zero-order chi connectivity index (χ0) is 10.3. The number of primary amides is 1. The molecule has 0 radical (unpaired) electrons. The Bertz CT molecular complexity index is 152. The first-order valence-corrected chi connectivity index (χ1v) is 4.39. The molecule has 78 valence electrons. The average molecular weight is 189 g/mol. The summed E-state index contributed by atoms with van der Waals surface area (Å²) in [7, 11) is 1.88. The van der Waals surface area contributed by atoms with Gasteiger partial charge in [0.2, 0.25) is 5.91 Å². The van der Waals surface area contributed by atoms with Gasteiger partial charge in [-0.05, 0) is 14.0 Å². The lowest BCUT2D eigenvalue weighted by Gasteiger charge is -2.18. The van der Waals surface area contributed by atoms with Crippen LogP contribution in [-0.4, -0.2) is 50.2 Å². The van der Waals surface area contributed by atoms with Gasteiger partial charge in [0, 0.05) is 19.7 Å². The predicted molar refractivity (Wildman–Crippen MR) is 51.2 cm³/mol. The number of carbonyl (C=O) groups is 1. The molecule has 0 spiro atoms. The molecule has 0 saturated heterocycles. The number of amides is 1.